The first-order valence-electron chi connectivity index (χ1n) is 6.00. The first-order chi connectivity index (χ1) is 9.11. The predicted molar refractivity (Wildman–Crippen MR) is 69.0 cm³/mol. The molecular weight excluding hydrogens is 315 g/mol. The van der Waals surface area contributed by atoms with E-state index in [4.69, 9.17) is 11.6 Å². The molecule has 3 nitrogen and oxygen atoms in total. The SMILES string of the molecule is C[C@H](NS(=O)(=O)c1ccc(Cl)cc1C(F)(F)F)C1CC1. The molecule has 8 heteroatoms. The zero-order valence-corrected chi connectivity index (χ0v) is 12.1. The number of halogens is 4. The van der Waals surface area contributed by atoms with E-state index in [0.717, 1.165) is 25.0 Å². The summed E-state index contributed by atoms with van der Waals surface area (Å²) in [4.78, 5) is -0.790. The van der Waals surface area contributed by atoms with Crippen molar-refractivity contribution in [3.05, 3.63) is 28.8 Å². The fraction of sp³-hybridized carbons (Fsp3) is 0.500. The minimum Gasteiger partial charge on any atom is -0.208 e. The maximum Gasteiger partial charge on any atom is 0.417 e. The van der Waals surface area contributed by atoms with Crippen LogP contribution in [-0.4, -0.2) is 14.5 Å². The Morgan fingerprint density at radius 2 is 1.95 bits per heavy atom. The Labute approximate surface area is 120 Å². The molecule has 0 aromatic heterocycles. The highest BCUT2D eigenvalue weighted by atomic mass is 35.5. The molecule has 1 saturated carbocycles. The van der Waals surface area contributed by atoms with Crippen LogP contribution in [0.5, 0.6) is 0 Å². The Morgan fingerprint density at radius 3 is 2.45 bits per heavy atom. The van der Waals surface area contributed by atoms with Gasteiger partial charge in [-0.15, -0.1) is 0 Å². The summed E-state index contributed by atoms with van der Waals surface area (Å²) >= 11 is 5.52. The molecule has 1 atom stereocenters. The summed E-state index contributed by atoms with van der Waals surface area (Å²) in [6, 6.07) is 2.26. The lowest BCUT2D eigenvalue weighted by atomic mass is 10.2. The minimum atomic E-state index is -4.78. The van der Waals surface area contributed by atoms with Gasteiger partial charge in [-0.3, -0.25) is 0 Å². The molecule has 0 heterocycles. The second-order valence-corrected chi connectivity index (χ2v) is 7.00. The standard InChI is InChI=1S/C12H13ClF3NO2S/c1-7(8-2-3-8)17-20(18,19)11-5-4-9(13)6-10(11)12(14,15)16/h4-8,17H,2-3H2,1H3/t7-/m0/s1. The highest BCUT2D eigenvalue weighted by molar-refractivity contribution is 7.89. The Bertz CT molecular complexity index is 612. The molecule has 1 N–H and O–H groups in total. The molecule has 1 aliphatic rings. The van der Waals surface area contributed by atoms with Gasteiger partial charge in [0.15, 0.2) is 0 Å². The van der Waals surface area contributed by atoms with Crippen LogP contribution in [0.4, 0.5) is 13.2 Å². The van der Waals surface area contributed by atoms with Crippen molar-refractivity contribution in [2.24, 2.45) is 5.92 Å². The number of nitrogens with one attached hydrogen (secondary N) is 1. The summed E-state index contributed by atoms with van der Waals surface area (Å²) in [6.45, 7) is 1.65. The van der Waals surface area contributed by atoms with Gasteiger partial charge in [-0.25, -0.2) is 13.1 Å². The van der Waals surface area contributed by atoms with Crippen molar-refractivity contribution < 1.29 is 21.6 Å². The molecule has 0 spiro atoms. The van der Waals surface area contributed by atoms with Crippen molar-refractivity contribution >= 4 is 21.6 Å². The second kappa shape index (κ2) is 5.20. The van der Waals surface area contributed by atoms with Gasteiger partial charge in [0.05, 0.1) is 10.5 Å². The van der Waals surface area contributed by atoms with Gasteiger partial charge in [0.25, 0.3) is 0 Å². The number of alkyl halides is 3. The number of hydrogen-bond donors (Lipinski definition) is 1. The number of benzene rings is 1. The highest BCUT2D eigenvalue weighted by Crippen LogP contribution is 2.37. The van der Waals surface area contributed by atoms with E-state index in [1.165, 1.54) is 0 Å². The lowest BCUT2D eigenvalue weighted by Gasteiger charge is -2.17. The first kappa shape index (κ1) is 15.6. The number of hydrogen-bond acceptors (Lipinski definition) is 2. The molecule has 0 amide bonds. The van der Waals surface area contributed by atoms with E-state index in [-0.39, 0.29) is 17.0 Å². The zero-order chi connectivity index (χ0) is 15.1. The average molecular weight is 328 g/mol. The predicted octanol–water partition coefficient (Wildman–Crippen LogP) is 3.44. The van der Waals surface area contributed by atoms with E-state index < -0.39 is 26.7 Å². The summed E-state index contributed by atoms with van der Waals surface area (Å²) in [5, 5.41) is -0.161. The summed E-state index contributed by atoms with van der Waals surface area (Å²) in [5.74, 6) is 0.200. The highest BCUT2D eigenvalue weighted by Gasteiger charge is 2.39. The van der Waals surface area contributed by atoms with Crippen molar-refractivity contribution in [2.75, 3.05) is 0 Å². The van der Waals surface area contributed by atoms with Crippen molar-refractivity contribution in [3.8, 4) is 0 Å². The zero-order valence-electron chi connectivity index (χ0n) is 10.5. The molecule has 1 aromatic carbocycles. The summed E-state index contributed by atoms with van der Waals surface area (Å²) in [7, 11) is -4.22. The summed E-state index contributed by atoms with van der Waals surface area (Å²) < 4.78 is 65.2. The Balaban J connectivity index is 2.40. The van der Waals surface area contributed by atoms with E-state index >= 15 is 0 Å². The van der Waals surface area contributed by atoms with Crippen LogP contribution < -0.4 is 4.72 Å². The molecule has 1 aromatic rings. The van der Waals surface area contributed by atoms with E-state index in [0.29, 0.717) is 6.07 Å². The second-order valence-electron chi connectivity index (χ2n) is 4.89. The van der Waals surface area contributed by atoms with Gasteiger partial charge < -0.3 is 0 Å². The monoisotopic (exact) mass is 327 g/mol. The fourth-order valence-electron chi connectivity index (χ4n) is 1.96. The number of rotatable bonds is 4. The smallest absolute Gasteiger partial charge is 0.208 e. The van der Waals surface area contributed by atoms with Crippen molar-refractivity contribution in [2.45, 2.75) is 36.9 Å². The van der Waals surface area contributed by atoms with Gasteiger partial charge in [0, 0.05) is 11.1 Å². The van der Waals surface area contributed by atoms with Crippen LogP contribution in [0.1, 0.15) is 25.3 Å². The van der Waals surface area contributed by atoms with Gasteiger partial charge in [-0.2, -0.15) is 13.2 Å². The molecular formula is C12H13ClF3NO2S. The van der Waals surface area contributed by atoms with Crippen LogP contribution in [0.3, 0.4) is 0 Å². The minimum absolute atomic E-state index is 0.161. The van der Waals surface area contributed by atoms with Gasteiger partial charge in [-0.1, -0.05) is 11.6 Å². The third-order valence-electron chi connectivity index (χ3n) is 3.21. The summed E-state index contributed by atoms with van der Waals surface area (Å²) in [6.07, 6.45) is -3.01. The average Bonchev–Trinajstić information content (AvgIpc) is 3.10. The molecule has 112 valence electrons. The van der Waals surface area contributed by atoms with E-state index in [1.54, 1.807) is 6.92 Å². The van der Waals surface area contributed by atoms with Gasteiger partial charge in [-0.05, 0) is 43.9 Å². The van der Waals surface area contributed by atoms with Crippen LogP contribution in [-0.2, 0) is 16.2 Å². The fourth-order valence-corrected chi connectivity index (χ4v) is 3.65. The molecule has 20 heavy (non-hydrogen) atoms. The van der Waals surface area contributed by atoms with E-state index in [2.05, 4.69) is 4.72 Å². The van der Waals surface area contributed by atoms with Crippen LogP contribution in [0.15, 0.2) is 23.1 Å². The van der Waals surface area contributed by atoms with Gasteiger partial charge >= 0.3 is 6.18 Å². The summed E-state index contributed by atoms with van der Waals surface area (Å²) in [5.41, 5.74) is -1.25. The van der Waals surface area contributed by atoms with Crippen LogP contribution in [0.25, 0.3) is 0 Å². The molecule has 0 radical (unpaired) electrons. The van der Waals surface area contributed by atoms with Crippen molar-refractivity contribution in [1.82, 2.24) is 4.72 Å². The molecule has 0 aliphatic heterocycles. The lowest BCUT2D eigenvalue weighted by Crippen LogP contribution is -2.35. The van der Waals surface area contributed by atoms with Crippen LogP contribution in [0.2, 0.25) is 5.02 Å². The molecule has 2 rings (SSSR count). The quantitative estimate of drug-likeness (QED) is 0.921. The lowest BCUT2D eigenvalue weighted by molar-refractivity contribution is -0.139. The maximum atomic E-state index is 12.9. The van der Waals surface area contributed by atoms with Crippen LogP contribution in [0, 0.1) is 5.92 Å². The topological polar surface area (TPSA) is 46.2 Å². The third kappa shape index (κ3) is 3.45. The maximum absolute atomic E-state index is 12.9. The Kier molecular flexibility index (Phi) is 4.05. The van der Waals surface area contributed by atoms with Crippen molar-refractivity contribution in [1.29, 1.82) is 0 Å². The molecule has 0 bridgehead atoms. The largest absolute Gasteiger partial charge is 0.417 e. The Hall–Kier alpha value is -0.790. The molecule has 0 unspecified atom stereocenters. The van der Waals surface area contributed by atoms with Gasteiger partial charge in [0.2, 0.25) is 10.0 Å². The molecule has 0 saturated heterocycles. The van der Waals surface area contributed by atoms with Crippen LogP contribution >= 0.6 is 11.6 Å². The van der Waals surface area contributed by atoms with E-state index in [9.17, 15) is 21.6 Å². The normalized spacial score (nSPS) is 18.1. The number of sulfonamides is 1. The molecule has 1 fully saturated rings. The van der Waals surface area contributed by atoms with E-state index in [1.807, 2.05) is 0 Å². The third-order valence-corrected chi connectivity index (χ3v) is 5.06. The molecule has 1 aliphatic carbocycles. The Morgan fingerprint density at radius 1 is 1.35 bits per heavy atom. The first-order valence-corrected chi connectivity index (χ1v) is 7.86. The van der Waals surface area contributed by atoms with Crippen molar-refractivity contribution in [3.63, 3.8) is 0 Å². The van der Waals surface area contributed by atoms with Gasteiger partial charge in [0.1, 0.15) is 0 Å².